The van der Waals surface area contributed by atoms with Crippen LogP contribution in [-0.4, -0.2) is 62.0 Å². The van der Waals surface area contributed by atoms with E-state index in [0.717, 1.165) is 44.5 Å². The zero-order valence-corrected chi connectivity index (χ0v) is 17.2. The van der Waals surface area contributed by atoms with Crippen molar-refractivity contribution in [1.82, 2.24) is 24.3 Å². The van der Waals surface area contributed by atoms with Gasteiger partial charge in [-0.2, -0.15) is 0 Å². The number of aromatic nitrogens is 3. The summed E-state index contributed by atoms with van der Waals surface area (Å²) in [6.45, 7) is 7.56. The largest absolute Gasteiger partial charge is 0.339 e. The molecule has 0 aromatic carbocycles. The number of carbonyl (C=O) groups excluding carboxylic acids is 1. The van der Waals surface area contributed by atoms with E-state index in [-0.39, 0.29) is 23.6 Å². The monoisotopic (exact) mass is 395 g/mol. The van der Waals surface area contributed by atoms with Gasteiger partial charge in [-0.25, -0.2) is 4.98 Å². The molecule has 1 atom stereocenters. The minimum atomic E-state index is -0.0206. The molecule has 0 aliphatic carbocycles. The van der Waals surface area contributed by atoms with Crippen molar-refractivity contribution in [2.45, 2.75) is 51.7 Å². The lowest BCUT2D eigenvalue weighted by Crippen LogP contribution is -2.47. The zero-order valence-electron chi connectivity index (χ0n) is 17.2. The first kappa shape index (κ1) is 19.8. The molecule has 2 fully saturated rings. The third kappa shape index (κ3) is 4.24. The minimum Gasteiger partial charge on any atom is -0.339 e. The van der Waals surface area contributed by atoms with Gasteiger partial charge in [0.15, 0.2) is 0 Å². The van der Waals surface area contributed by atoms with E-state index in [2.05, 4.69) is 28.7 Å². The van der Waals surface area contributed by atoms with E-state index in [1.54, 1.807) is 29.4 Å². The Labute approximate surface area is 171 Å². The lowest BCUT2D eigenvalue weighted by molar-refractivity contribution is -0.134. The summed E-state index contributed by atoms with van der Waals surface area (Å²) in [4.78, 5) is 38.0. The van der Waals surface area contributed by atoms with Gasteiger partial charge in [0.25, 0.3) is 5.56 Å². The van der Waals surface area contributed by atoms with Crippen LogP contribution in [0.15, 0.2) is 41.7 Å². The van der Waals surface area contributed by atoms with Gasteiger partial charge in [0.1, 0.15) is 0 Å². The van der Waals surface area contributed by atoms with Gasteiger partial charge in [0.05, 0.1) is 18.1 Å². The maximum Gasteiger partial charge on any atom is 0.253 e. The Morgan fingerprint density at radius 1 is 1.07 bits per heavy atom. The first-order valence-electron chi connectivity index (χ1n) is 10.5. The topological polar surface area (TPSA) is 71.3 Å². The van der Waals surface area contributed by atoms with Gasteiger partial charge in [-0.1, -0.05) is 0 Å². The second kappa shape index (κ2) is 8.45. The first-order valence-corrected chi connectivity index (χ1v) is 10.5. The van der Waals surface area contributed by atoms with Crippen molar-refractivity contribution in [2.75, 3.05) is 19.6 Å². The summed E-state index contributed by atoms with van der Waals surface area (Å²) >= 11 is 0. The van der Waals surface area contributed by atoms with Crippen LogP contribution >= 0.6 is 0 Å². The van der Waals surface area contributed by atoms with Crippen LogP contribution in [0.4, 0.5) is 0 Å². The lowest BCUT2D eigenvalue weighted by Gasteiger charge is -2.35. The van der Waals surface area contributed by atoms with Crippen LogP contribution in [0.3, 0.4) is 0 Å². The van der Waals surface area contributed by atoms with Gasteiger partial charge in [-0.15, -0.1) is 0 Å². The molecule has 7 heteroatoms. The van der Waals surface area contributed by atoms with Gasteiger partial charge in [0, 0.05) is 43.2 Å². The molecule has 154 valence electrons. The Morgan fingerprint density at radius 3 is 2.41 bits per heavy atom. The third-order valence-corrected chi connectivity index (χ3v) is 6.24. The molecule has 2 aliphatic heterocycles. The molecule has 1 amide bonds. The molecule has 0 saturated carbocycles. The summed E-state index contributed by atoms with van der Waals surface area (Å²) < 4.78 is 1.71. The highest BCUT2D eigenvalue weighted by molar-refractivity contribution is 5.84. The third-order valence-electron chi connectivity index (χ3n) is 6.24. The maximum absolute atomic E-state index is 12.6. The second-order valence-electron chi connectivity index (χ2n) is 8.41. The van der Waals surface area contributed by atoms with Crippen molar-refractivity contribution in [1.29, 1.82) is 0 Å². The van der Waals surface area contributed by atoms with Crippen LogP contribution in [0, 0.1) is 5.92 Å². The molecule has 0 radical (unpaired) electrons. The van der Waals surface area contributed by atoms with Crippen molar-refractivity contribution in [3.8, 4) is 11.3 Å². The van der Waals surface area contributed by atoms with Gasteiger partial charge in [0.2, 0.25) is 5.91 Å². The number of nitrogens with zero attached hydrogens (tertiary/aromatic N) is 5. The van der Waals surface area contributed by atoms with Crippen molar-refractivity contribution < 1.29 is 4.79 Å². The molecule has 7 nitrogen and oxygen atoms in total. The van der Waals surface area contributed by atoms with Crippen LogP contribution in [0.25, 0.3) is 11.3 Å². The molecule has 0 N–H and O–H groups in total. The molecule has 4 rings (SSSR count). The number of amides is 1. The van der Waals surface area contributed by atoms with Crippen LogP contribution < -0.4 is 5.56 Å². The summed E-state index contributed by atoms with van der Waals surface area (Å²) in [7, 11) is 0. The average Bonchev–Trinajstić information content (AvgIpc) is 3.12. The highest BCUT2D eigenvalue weighted by atomic mass is 16.2. The summed E-state index contributed by atoms with van der Waals surface area (Å²) in [5.41, 5.74) is 1.56. The molecule has 29 heavy (non-hydrogen) atoms. The van der Waals surface area contributed by atoms with Gasteiger partial charge >= 0.3 is 0 Å². The first-order chi connectivity index (χ1) is 14.0. The summed E-state index contributed by atoms with van der Waals surface area (Å²) in [5, 5.41) is 0. The van der Waals surface area contributed by atoms with E-state index < -0.39 is 0 Å². The number of pyridine rings is 1. The Balaban J connectivity index is 1.34. The predicted molar refractivity (Wildman–Crippen MR) is 111 cm³/mol. The SMILES string of the molecule is CC(C)N1CCC(N2CCC(Cn3cnc(-c4ccncc4)cc3=O)CC2)C1=O. The Hall–Kier alpha value is -2.54. The predicted octanol–water partition coefficient (Wildman–Crippen LogP) is 2.03. The molecule has 0 spiro atoms. The average molecular weight is 396 g/mol. The molecule has 0 bridgehead atoms. The van der Waals surface area contributed by atoms with Gasteiger partial charge < -0.3 is 4.90 Å². The highest BCUT2D eigenvalue weighted by Crippen LogP contribution is 2.26. The van der Waals surface area contributed by atoms with Gasteiger partial charge in [-0.05, 0) is 64.3 Å². The standard InChI is InChI=1S/C22H29N5O2/c1-16(2)27-12-7-20(22(27)29)25-10-5-17(6-11-25)14-26-15-24-19(13-21(26)28)18-3-8-23-9-4-18/h3-4,8-9,13,15-17,20H,5-7,10-12,14H2,1-2H3. The van der Waals surface area contributed by atoms with Crippen molar-refractivity contribution >= 4 is 5.91 Å². The number of likely N-dealkylation sites (tertiary alicyclic amines) is 2. The Kier molecular flexibility index (Phi) is 5.76. The summed E-state index contributed by atoms with van der Waals surface area (Å²) in [6, 6.07) is 5.63. The number of hydrogen-bond donors (Lipinski definition) is 0. The molecule has 2 aliphatic rings. The molecular formula is C22H29N5O2. The van der Waals surface area contributed by atoms with Crippen LogP contribution in [-0.2, 0) is 11.3 Å². The summed E-state index contributed by atoms with van der Waals surface area (Å²) in [6.07, 6.45) is 8.00. The smallest absolute Gasteiger partial charge is 0.253 e. The van der Waals surface area contributed by atoms with E-state index >= 15 is 0 Å². The van der Waals surface area contributed by atoms with E-state index in [9.17, 15) is 9.59 Å². The normalized spacial score (nSPS) is 21.3. The maximum atomic E-state index is 12.6. The molecular weight excluding hydrogens is 366 g/mol. The quantitative estimate of drug-likeness (QED) is 0.775. The fourth-order valence-corrected chi connectivity index (χ4v) is 4.51. The molecule has 2 aromatic rings. The highest BCUT2D eigenvalue weighted by Gasteiger charge is 2.38. The number of rotatable bonds is 5. The number of piperidine rings is 1. The zero-order chi connectivity index (χ0) is 20.4. The molecule has 2 saturated heterocycles. The fourth-order valence-electron chi connectivity index (χ4n) is 4.51. The van der Waals surface area contributed by atoms with Crippen molar-refractivity contribution in [3.63, 3.8) is 0 Å². The fraction of sp³-hybridized carbons (Fsp3) is 0.545. The van der Waals surface area contributed by atoms with E-state index in [1.165, 1.54) is 0 Å². The lowest BCUT2D eigenvalue weighted by atomic mass is 9.95. The van der Waals surface area contributed by atoms with Crippen molar-refractivity contribution in [2.24, 2.45) is 5.92 Å². The molecule has 4 heterocycles. The van der Waals surface area contributed by atoms with E-state index in [0.29, 0.717) is 18.2 Å². The molecule has 2 aromatic heterocycles. The van der Waals surface area contributed by atoms with Crippen LogP contribution in [0.1, 0.15) is 33.1 Å². The Morgan fingerprint density at radius 2 is 1.79 bits per heavy atom. The van der Waals surface area contributed by atoms with Crippen LogP contribution in [0.5, 0.6) is 0 Å². The molecule has 1 unspecified atom stereocenters. The van der Waals surface area contributed by atoms with Crippen molar-refractivity contribution in [3.05, 3.63) is 47.3 Å². The Bertz CT molecular complexity index is 903. The minimum absolute atomic E-state index is 0.0206. The summed E-state index contributed by atoms with van der Waals surface area (Å²) in [5.74, 6) is 0.723. The van der Waals surface area contributed by atoms with E-state index in [4.69, 9.17) is 0 Å². The number of hydrogen-bond acceptors (Lipinski definition) is 5. The van der Waals surface area contributed by atoms with E-state index in [1.807, 2.05) is 17.0 Å². The number of carbonyl (C=O) groups is 1. The second-order valence-corrected chi connectivity index (χ2v) is 8.41. The van der Waals surface area contributed by atoms with Gasteiger partial charge in [-0.3, -0.25) is 24.0 Å². The van der Waals surface area contributed by atoms with Crippen LogP contribution in [0.2, 0.25) is 0 Å².